The number of hydrogen-bond donors (Lipinski definition) is 3. The quantitative estimate of drug-likeness (QED) is 0.784. The van der Waals surface area contributed by atoms with E-state index in [0.29, 0.717) is 5.69 Å². The fourth-order valence-electron chi connectivity index (χ4n) is 1.94. The first-order chi connectivity index (χ1) is 9.51. The minimum Gasteiger partial charge on any atom is -0.395 e. The lowest BCUT2D eigenvalue weighted by Crippen LogP contribution is -2.17. The van der Waals surface area contributed by atoms with Crippen LogP contribution in [0.1, 0.15) is 40.9 Å². The van der Waals surface area contributed by atoms with E-state index in [9.17, 15) is 4.79 Å². The van der Waals surface area contributed by atoms with Crippen molar-refractivity contribution >= 4 is 17.5 Å². The van der Waals surface area contributed by atoms with Gasteiger partial charge >= 0.3 is 0 Å². The molecule has 2 aromatic rings. The van der Waals surface area contributed by atoms with Crippen LogP contribution < -0.4 is 11.1 Å². The highest BCUT2D eigenvalue weighted by Crippen LogP contribution is 2.16. The zero-order valence-corrected chi connectivity index (χ0v) is 11.8. The minimum absolute atomic E-state index is 0.177. The monoisotopic (exact) mass is 274 g/mol. The highest BCUT2D eigenvalue weighted by atomic mass is 16.2. The minimum atomic E-state index is -0.411. The molecule has 0 spiro atoms. The van der Waals surface area contributed by atoms with E-state index >= 15 is 0 Å². The molecule has 0 aliphatic rings. The molecule has 106 valence electrons. The predicted octanol–water partition coefficient (Wildman–Crippen LogP) is 1.60. The molecule has 2 heterocycles. The molecule has 7 heteroatoms. The molecular formula is C13H18N6O. The second-order valence-electron chi connectivity index (χ2n) is 4.64. The lowest BCUT2D eigenvalue weighted by Gasteiger charge is -2.04. The van der Waals surface area contributed by atoms with Crippen molar-refractivity contribution in [3.05, 3.63) is 28.8 Å². The molecule has 0 fully saturated rings. The van der Waals surface area contributed by atoms with E-state index in [2.05, 4.69) is 25.5 Å². The van der Waals surface area contributed by atoms with Crippen LogP contribution >= 0.6 is 0 Å². The van der Waals surface area contributed by atoms with Gasteiger partial charge in [0.2, 0.25) is 5.95 Å². The maximum Gasteiger partial charge on any atom is 0.280 e. The Morgan fingerprint density at radius 1 is 1.35 bits per heavy atom. The molecule has 0 aromatic carbocycles. The molecule has 1 amide bonds. The van der Waals surface area contributed by atoms with Crippen LogP contribution in [0.4, 0.5) is 11.6 Å². The number of nitrogens with zero attached hydrogens (tertiary/aromatic N) is 3. The standard InChI is InChI=1S/C13H18N6O/c1-4-5-9-10(14)11(19-18-9)12(20)17-13-15-7(2)6-8(3)16-13/h6H,4-5,14H2,1-3H3,(H,18,19)(H,15,16,17,20). The number of aryl methyl sites for hydroxylation is 3. The van der Waals surface area contributed by atoms with E-state index in [0.717, 1.165) is 29.9 Å². The van der Waals surface area contributed by atoms with Crippen LogP contribution in [0.3, 0.4) is 0 Å². The summed E-state index contributed by atoms with van der Waals surface area (Å²) in [7, 11) is 0. The predicted molar refractivity (Wildman–Crippen MR) is 76.5 cm³/mol. The Bertz CT molecular complexity index is 614. The Balaban J connectivity index is 2.19. The van der Waals surface area contributed by atoms with Crippen LogP contribution in [0.5, 0.6) is 0 Å². The summed E-state index contributed by atoms with van der Waals surface area (Å²) in [6, 6.07) is 1.83. The Morgan fingerprint density at radius 2 is 2.00 bits per heavy atom. The van der Waals surface area contributed by atoms with Gasteiger partial charge in [-0.2, -0.15) is 5.10 Å². The first-order valence-electron chi connectivity index (χ1n) is 6.47. The molecule has 0 radical (unpaired) electrons. The highest BCUT2D eigenvalue weighted by Gasteiger charge is 2.17. The Hall–Kier alpha value is -2.44. The smallest absolute Gasteiger partial charge is 0.280 e. The lowest BCUT2D eigenvalue weighted by atomic mass is 10.2. The molecule has 0 aliphatic heterocycles. The molecule has 0 bridgehead atoms. The van der Waals surface area contributed by atoms with Gasteiger partial charge in [0.1, 0.15) is 0 Å². The van der Waals surface area contributed by atoms with E-state index < -0.39 is 5.91 Å². The van der Waals surface area contributed by atoms with Crippen molar-refractivity contribution in [3.8, 4) is 0 Å². The van der Waals surface area contributed by atoms with Crippen molar-refractivity contribution in [2.24, 2.45) is 0 Å². The number of anilines is 2. The van der Waals surface area contributed by atoms with Crippen LogP contribution in [0.25, 0.3) is 0 Å². The summed E-state index contributed by atoms with van der Waals surface area (Å²) in [6.45, 7) is 5.71. The third kappa shape index (κ3) is 2.93. The third-order valence-electron chi connectivity index (χ3n) is 2.81. The topological polar surface area (TPSA) is 110 Å². The third-order valence-corrected chi connectivity index (χ3v) is 2.81. The van der Waals surface area contributed by atoms with Gasteiger partial charge in [-0.25, -0.2) is 9.97 Å². The van der Waals surface area contributed by atoms with Crippen LogP contribution in [-0.4, -0.2) is 26.1 Å². The Labute approximate surface area is 117 Å². The summed E-state index contributed by atoms with van der Waals surface area (Å²) in [4.78, 5) is 20.4. The van der Waals surface area contributed by atoms with Gasteiger partial charge in [-0.05, 0) is 26.3 Å². The van der Waals surface area contributed by atoms with Crippen molar-refractivity contribution in [2.45, 2.75) is 33.6 Å². The summed E-state index contributed by atoms with van der Waals surface area (Å²) in [5.74, 6) is -0.155. The fraction of sp³-hybridized carbons (Fsp3) is 0.385. The maximum absolute atomic E-state index is 12.1. The van der Waals surface area contributed by atoms with Crippen molar-refractivity contribution in [3.63, 3.8) is 0 Å². The zero-order valence-electron chi connectivity index (χ0n) is 11.8. The van der Waals surface area contributed by atoms with Gasteiger partial charge in [0.05, 0.1) is 11.4 Å². The Morgan fingerprint density at radius 3 is 2.60 bits per heavy atom. The number of carbonyl (C=O) groups excluding carboxylic acids is 1. The molecule has 2 aromatic heterocycles. The maximum atomic E-state index is 12.1. The normalized spacial score (nSPS) is 10.6. The van der Waals surface area contributed by atoms with Crippen molar-refractivity contribution < 1.29 is 4.79 Å². The lowest BCUT2D eigenvalue weighted by molar-refractivity contribution is 0.102. The van der Waals surface area contributed by atoms with Crippen molar-refractivity contribution in [1.29, 1.82) is 0 Å². The van der Waals surface area contributed by atoms with Gasteiger partial charge in [-0.1, -0.05) is 13.3 Å². The number of rotatable bonds is 4. The molecule has 20 heavy (non-hydrogen) atoms. The van der Waals surface area contributed by atoms with Gasteiger partial charge in [0.25, 0.3) is 5.91 Å². The molecule has 7 nitrogen and oxygen atoms in total. The summed E-state index contributed by atoms with van der Waals surface area (Å²) in [6.07, 6.45) is 1.68. The van der Waals surface area contributed by atoms with Gasteiger partial charge in [0, 0.05) is 11.4 Å². The van der Waals surface area contributed by atoms with Crippen LogP contribution in [0.2, 0.25) is 0 Å². The summed E-state index contributed by atoms with van der Waals surface area (Å²) >= 11 is 0. The zero-order chi connectivity index (χ0) is 14.7. The average molecular weight is 274 g/mol. The SMILES string of the molecule is CCCc1[nH]nc(C(=O)Nc2nc(C)cc(C)n2)c1N. The van der Waals surface area contributed by atoms with Crippen molar-refractivity contribution in [1.82, 2.24) is 20.2 Å². The number of amides is 1. The molecule has 0 atom stereocenters. The second-order valence-corrected chi connectivity index (χ2v) is 4.64. The van der Waals surface area contributed by atoms with Gasteiger partial charge < -0.3 is 5.73 Å². The first-order valence-corrected chi connectivity index (χ1v) is 6.47. The number of hydrogen-bond acceptors (Lipinski definition) is 5. The number of nitrogens with two attached hydrogens (primary N) is 1. The average Bonchev–Trinajstić information content (AvgIpc) is 2.70. The fourth-order valence-corrected chi connectivity index (χ4v) is 1.94. The molecule has 0 aliphatic carbocycles. The van der Waals surface area contributed by atoms with Gasteiger partial charge in [0.15, 0.2) is 5.69 Å². The van der Waals surface area contributed by atoms with E-state index in [1.54, 1.807) is 0 Å². The van der Waals surface area contributed by atoms with E-state index in [1.807, 2.05) is 26.8 Å². The number of nitrogen functional groups attached to an aromatic ring is 1. The van der Waals surface area contributed by atoms with Gasteiger partial charge in [-0.15, -0.1) is 0 Å². The van der Waals surface area contributed by atoms with E-state index in [1.165, 1.54) is 0 Å². The van der Waals surface area contributed by atoms with E-state index in [-0.39, 0.29) is 11.6 Å². The molecule has 0 unspecified atom stereocenters. The molecule has 0 saturated carbocycles. The molecular weight excluding hydrogens is 256 g/mol. The van der Waals surface area contributed by atoms with Crippen LogP contribution in [0, 0.1) is 13.8 Å². The number of H-pyrrole nitrogens is 1. The second kappa shape index (κ2) is 5.68. The molecule has 2 rings (SSSR count). The largest absolute Gasteiger partial charge is 0.395 e. The molecule has 0 saturated heterocycles. The first kappa shape index (κ1) is 14.0. The van der Waals surface area contributed by atoms with Gasteiger partial charge in [-0.3, -0.25) is 15.2 Å². The number of nitrogens with one attached hydrogen (secondary N) is 2. The van der Waals surface area contributed by atoms with Crippen LogP contribution in [0.15, 0.2) is 6.07 Å². The van der Waals surface area contributed by atoms with Crippen molar-refractivity contribution in [2.75, 3.05) is 11.1 Å². The highest BCUT2D eigenvalue weighted by molar-refractivity contribution is 6.05. The van der Waals surface area contributed by atoms with E-state index in [4.69, 9.17) is 5.73 Å². The number of aromatic amines is 1. The van der Waals surface area contributed by atoms with Crippen LogP contribution in [-0.2, 0) is 6.42 Å². The number of aromatic nitrogens is 4. The summed E-state index contributed by atoms with van der Waals surface area (Å²) in [5.41, 5.74) is 8.82. The summed E-state index contributed by atoms with van der Waals surface area (Å²) in [5, 5.41) is 9.36. The Kier molecular flexibility index (Phi) is 3.97. The summed E-state index contributed by atoms with van der Waals surface area (Å²) < 4.78 is 0. The molecule has 4 N–H and O–H groups in total. The number of carbonyl (C=O) groups is 1.